The zero-order valence-electron chi connectivity index (χ0n) is 6.88. The number of hydrogen-bond donors (Lipinski definition) is 1. The highest BCUT2D eigenvalue weighted by atomic mass is 16.5. The highest BCUT2D eigenvalue weighted by Crippen LogP contribution is 2.30. The van der Waals surface area contributed by atoms with Crippen LogP contribution in [-0.2, 0) is 9.53 Å². The Labute approximate surface area is 66.9 Å². The minimum absolute atomic E-state index is 0.0686. The van der Waals surface area contributed by atoms with Gasteiger partial charge in [0.1, 0.15) is 0 Å². The van der Waals surface area contributed by atoms with Crippen LogP contribution < -0.4 is 5.73 Å². The Kier molecular flexibility index (Phi) is 2.88. The van der Waals surface area contributed by atoms with Crippen LogP contribution in [0, 0.1) is 11.8 Å². The number of hydrogen-bond acceptors (Lipinski definition) is 3. The largest absolute Gasteiger partial charge is 0.469 e. The summed E-state index contributed by atoms with van der Waals surface area (Å²) in [6.45, 7) is 0.702. The fraction of sp³-hybridized carbons (Fsp3) is 0.875. The summed E-state index contributed by atoms with van der Waals surface area (Å²) in [5.41, 5.74) is 5.49. The number of carbonyl (C=O) groups excluding carboxylic acids is 1. The summed E-state index contributed by atoms with van der Waals surface area (Å²) in [6.07, 6.45) is 2.95. The van der Waals surface area contributed by atoms with E-state index in [4.69, 9.17) is 5.73 Å². The van der Waals surface area contributed by atoms with E-state index in [9.17, 15) is 4.79 Å². The van der Waals surface area contributed by atoms with Gasteiger partial charge in [0.2, 0.25) is 0 Å². The Morgan fingerprint density at radius 2 is 2.36 bits per heavy atom. The molecule has 1 aliphatic rings. The molecule has 0 aromatic heterocycles. The minimum atomic E-state index is -0.0686. The summed E-state index contributed by atoms with van der Waals surface area (Å²) >= 11 is 0. The SMILES string of the molecule is COC(=O)[C@@H]1CC[C@H](CN)C1. The standard InChI is InChI=1S/C8H15NO2/c1-11-8(10)7-3-2-6(4-7)5-9/h6-7H,2-5,9H2,1H3/t6-,7+/m0/s1. The molecular weight excluding hydrogens is 142 g/mol. The minimum Gasteiger partial charge on any atom is -0.469 e. The lowest BCUT2D eigenvalue weighted by molar-refractivity contribution is -0.145. The van der Waals surface area contributed by atoms with Gasteiger partial charge in [-0.15, -0.1) is 0 Å². The van der Waals surface area contributed by atoms with Crippen LogP contribution in [0.2, 0.25) is 0 Å². The van der Waals surface area contributed by atoms with Crippen molar-refractivity contribution >= 4 is 5.97 Å². The maximum Gasteiger partial charge on any atom is 0.308 e. The van der Waals surface area contributed by atoms with Crippen molar-refractivity contribution in [3.8, 4) is 0 Å². The van der Waals surface area contributed by atoms with Crippen LogP contribution in [0.5, 0.6) is 0 Å². The van der Waals surface area contributed by atoms with E-state index in [0.29, 0.717) is 12.5 Å². The summed E-state index contributed by atoms with van der Waals surface area (Å²) in [7, 11) is 1.44. The molecule has 11 heavy (non-hydrogen) atoms. The van der Waals surface area contributed by atoms with E-state index in [-0.39, 0.29) is 11.9 Å². The molecule has 1 aliphatic carbocycles. The highest BCUT2D eigenvalue weighted by molar-refractivity contribution is 5.72. The molecule has 0 aliphatic heterocycles. The molecule has 3 nitrogen and oxygen atoms in total. The van der Waals surface area contributed by atoms with Crippen molar-refractivity contribution in [3.05, 3.63) is 0 Å². The van der Waals surface area contributed by atoms with Crippen molar-refractivity contribution in [2.75, 3.05) is 13.7 Å². The van der Waals surface area contributed by atoms with Gasteiger partial charge in [-0.05, 0) is 31.7 Å². The molecule has 0 amide bonds. The molecule has 0 unspecified atom stereocenters. The van der Waals surface area contributed by atoms with Gasteiger partial charge in [0.25, 0.3) is 0 Å². The van der Waals surface area contributed by atoms with Crippen LogP contribution in [0.25, 0.3) is 0 Å². The van der Waals surface area contributed by atoms with Gasteiger partial charge in [-0.2, -0.15) is 0 Å². The zero-order valence-corrected chi connectivity index (χ0v) is 6.88. The van der Waals surface area contributed by atoms with E-state index in [1.807, 2.05) is 0 Å². The first-order chi connectivity index (χ1) is 5.27. The smallest absolute Gasteiger partial charge is 0.308 e. The van der Waals surface area contributed by atoms with Gasteiger partial charge in [0.15, 0.2) is 0 Å². The third-order valence-electron chi connectivity index (χ3n) is 2.41. The Hall–Kier alpha value is -0.570. The number of methoxy groups -OCH3 is 1. The predicted molar refractivity (Wildman–Crippen MR) is 41.9 cm³/mol. The number of nitrogens with two attached hydrogens (primary N) is 1. The molecule has 3 heteroatoms. The predicted octanol–water partition coefficient (Wildman–Crippen LogP) is 0.534. The van der Waals surface area contributed by atoms with E-state index in [1.54, 1.807) is 0 Å². The third kappa shape index (κ3) is 1.93. The van der Waals surface area contributed by atoms with Crippen molar-refractivity contribution in [2.45, 2.75) is 19.3 Å². The van der Waals surface area contributed by atoms with Crippen LogP contribution in [0.4, 0.5) is 0 Å². The second kappa shape index (κ2) is 3.72. The number of carbonyl (C=O) groups is 1. The summed E-state index contributed by atoms with van der Waals surface area (Å²) in [4.78, 5) is 11.0. The Balaban J connectivity index is 2.35. The van der Waals surface area contributed by atoms with Gasteiger partial charge < -0.3 is 10.5 Å². The summed E-state index contributed by atoms with van der Waals surface area (Å²) in [5.74, 6) is 0.591. The first kappa shape index (κ1) is 8.53. The Morgan fingerprint density at radius 3 is 2.82 bits per heavy atom. The van der Waals surface area contributed by atoms with Crippen molar-refractivity contribution < 1.29 is 9.53 Å². The molecule has 64 valence electrons. The molecule has 1 rings (SSSR count). The fourth-order valence-corrected chi connectivity index (χ4v) is 1.67. The van der Waals surface area contributed by atoms with Gasteiger partial charge >= 0.3 is 5.97 Å². The summed E-state index contributed by atoms with van der Waals surface area (Å²) in [6, 6.07) is 0. The highest BCUT2D eigenvalue weighted by Gasteiger charge is 2.29. The average Bonchev–Trinajstić information content (AvgIpc) is 2.50. The van der Waals surface area contributed by atoms with Crippen molar-refractivity contribution in [1.29, 1.82) is 0 Å². The normalized spacial score (nSPS) is 30.4. The van der Waals surface area contributed by atoms with E-state index in [2.05, 4.69) is 4.74 Å². The first-order valence-electron chi connectivity index (χ1n) is 4.05. The molecule has 1 saturated carbocycles. The first-order valence-corrected chi connectivity index (χ1v) is 4.05. The van der Waals surface area contributed by atoms with Crippen molar-refractivity contribution in [2.24, 2.45) is 17.6 Å². The molecule has 0 heterocycles. The van der Waals surface area contributed by atoms with Gasteiger partial charge in [0.05, 0.1) is 13.0 Å². The van der Waals surface area contributed by atoms with Gasteiger partial charge in [-0.3, -0.25) is 4.79 Å². The monoisotopic (exact) mass is 157 g/mol. The van der Waals surface area contributed by atoms with Gasteiger partial charge in [-0.25, -0.2) is 0 Å². The maximum absolute atomic E-state index is 11.0. The summed E-state index contributed by atoms with van der Waals surface area (Å²) < 4.78 is 4.65. The number of esters is 1. The lowest BCUT2D eigenvalue weighted by atomic mass is 10.1. The van der Waals surface area contributed by atoms with Gasteiger partial charge in [-0.1, -0.05) is 0 Å². The number of rotatable bonds is 2. The zero-order chi connectivity index (χ0) is 8.27. The molecule has 0 radical (unpaired) electrons. The topological polar surface area (TPSA) is 52.3 Å². The molecule has 0 aromatic rings. The molecule has 1 fully saturated rings. The molecule has 0 saturated heterocycles. The molecule has 0 bridgehead atoms. The number of ether oxygens (including phenoxy) is 1. The Morgan fingerprint density at radius 1 is 1.64 bits per heavy atom. The van der Waals surface area contributed by atoms with Crippen LogP contribution in [0.15, 0.2) is 0 Å². The van der Waals surface area contributed by atoms with Crippen molar-refractivity contribution in [3.63, 3.8) is 0 Å². The Bertz CT molecular complexity index is 147. The van der Waals surface area contributed by atoms with E-state index >= 15 is 0 Å². The van der Waals surface area contributed by atoms with E-state index in [1.165, 1.54) is 7.11 Å². The lowest BCUT2D eigenvalue weighted by Crippen LogP contribution is -2.15. The van der Waals surface area contributed by atoms with Gasteiger partial charge in [0, 0.05) is 0 Å². The molecule has 0 aromatic carbocycles. The second-order valence-corrected chi connectivity index (χ2v) is 3.13. The average molecular weight is 157 g/mol. The van der Waals surface area contributed by atoms with Crippen LogP contribution in [-0.4, -0.2) is 19.6 Å². The van der Waals surface area contributed by atoms with Crippen LogP contribution in [0.1, 0.15) is 19.3 Å². The molecule has 2 N–H and O–H groups in total. The van der Waals surface area contributed by atoms with Crippen LogP contribution in [0.3, 0.4) is 0 Å². The molecular formula is C8H15NO2. The summed E-state index contributed by atoms with van der Waals surface area (Å²) in [5, 5.41) is 0. The van der Waals surface area contributed by atoms with Crippen LogP contribution >= 0.6 is 0 Å². The van der Waals surface area contributed by atoms with E-state index in [0.717, 1.165) is 19.3 Å². The molecule has 2 atom stereocenters. The quantitative estimate of drug-likeness (QED) is 0.595. The van der Waals surface area contributed by atoms with Crippen molar-refractivity contribution in [1.82, 2.24) is 0 Å². The maximum atomic E-state index is 11.0. The third-order valence-corrected chi connectivity index (χ3v) is 2.41. The fourth-order valence-electron chi connectivity index (χ4n) is 1.67. The molecule has 0 spiro atoms. The second-order valence-electron chi connectivity index (χ2n) is 3.13. The van der Waals surface area contributed by atoms with E-state index < -0.39 is 0 Å². The lowest BCUT2D eigenvalue weighted by Gasteiger charge is -2.06.